The van der Waals surface area contributed by atoms with Gasteiger partial charge in [0.05, 0.1) is 12.8 Å². The minimum atomic E-state index is 0. The molecule has 0 unspecified atom stereocenters. The molecule has 1 aliphatic rings. The number of fused-ring (bicyclic) bond motifs is 1. The van der Waals surface area contributed by atoms with Gasteiger partial charge >= 0.3 is 0 Å². The highest BCUT2D eigenvalue weighted by Crippen LogP contribution is 2.23. The first kappa shape index (κ1) is 19.8. The van der Waals surface area contributed by atoms with E-state index >= 15 is 0 Å². The first-order valence-electron chi connectivity index (χ1n) is 8.06. The van der Waals surface area contributed by atoms with Gasteiger partial charge in [0, 0.05) is 38.0 Å². The summed E-state index contributed by atoms with van der Waals surface area (Å²) >= 11 is 1.78. The van der Waals surface area contributed by atoms with Crippen molar-refractivity contribution in [2.24, 2.45) is 4.99 Å². The Hall–Kier alpha value is -1.55. The quantitative estimate of drug-likeness (QED) is 0.397. The molecule has 0 saturated heterocycles. The molecule has 0 aromatic carbocycles. The molecule has 2 aromatic rings. The molecule has 0 aliphatic carbocycles. The van der Waals surface area contributed by atoms with Gasteiger partial charge in [-0.3, -0.25) is 9.79 Å². The molecule has 3 heterocycles. The number of aliphatic imine (C=N–C) groups is 1. The van der Waals surface area contributed by atoms with E-state index in [0.717, 1.165) is 25.1 Å². The Balaban J connectivity index is 0.00000225. The van der Waals surface area contributed by atoms with Crippen molar-refractivity contribution < 1.29 is 9.21 Å². The van der Waals surface area contributed by atoms with Crippen molar-refractivity contribution in [1.82, 2.24) is 15.5 Å². The number of carbonyl (C=O) groups excluding carboxylic acids is 1. The van der Waals surface area contributed by atoms with Crippen LogP contribution in [0, 0.1) is 0 Å². The predicted molar refractivity (Wildman–Crippen MR) is 111 cm³/mol. The Bertz CT molecular complexity index is 699. The highest BCUT2D eigenvalue weighted by Gasteiger charge is 2.21. The molecule has 0 saturated carbocycles. The van der Waals surface area contributed by atoms with E-state index in [1.54, 1.807) is 24.6 Å². The maximum absolute atomic E-state index is 12.4. The average Bonchev–Trinajstić information content (AvgIpc) is 3.28. The molecule has 1 aliphatic heterocycles. The van der Waals surface area contributed by atoms with Crippen LogP contribution < -0.4 is 10.6 Å². The summed E-state index contributed by atoms with van der Waals surface area (Å²) < 4.78 is 5.29. The number of thiophene rings is 1. The first-order valence-corrected chi connectivity index (χ1v) is 8.94. The molecule has 25 heavy (non-hydrogen) atoms. The topological polar surface area (TPSA) is 69.9 Å². The van der Waals surface area contributed by atoms with Crippen LogP contribution in [-0.4, -0.2) is 43.4 Å². The summed E-state index contributed by atoms with van der Waals surface area (Å²) in [6, 6.07) is 5.93. The van der Waals surface area contributed by atoms with Gasteiger partial charge in [-0.1, -0.05) is 0 Å². The molecule has 0 atom stereocenters. The molecule has 0 fully saturated rings. The third-order valence-electron chi connectivity index (χ3n) is 4.03. The van der Waals surface area contributed by atoms with Crippen molar-refractivity contribution in [3.63, 3.8) is 0 Å². The molecular weight excluding hydrogens is 451 g/mol. The fourth-order valence-electron chi connectivity index (χ4n) is 2.71. The molecule has 1 amide bonds. The van der Waals surface area contributed by atoms with Crippen molar-refractivity contribution in [2.45, 2.75) is 19.4 Å². The minimum absolute atomic E-state index is 0. The van der Waals surface area contributed by atoms with E-state index in [9.17, 15) is 4.79 Å². The maximum atomic E-state index is 12.4. The van der Waals surface area contributed by atoms with Gasteiger partial charge in [-0.2, -0.15) is 0 Å². The lowest BCUT2D eigenvalue weighted by molar-refractivity contribution is -0.130. The molecular formula is C17H23IN4O2S. The van der Waals surface area contributed by atoms with Gasteiger partial charge in [0.15, 0.2) is 5.96 Å². The van der Waals surface area contributed by atoms with Crippen molar-refractivity contribution in [3.05, 3.63) is 46.0 Å². The van der Waals surface area contributed by atoms with Crippen molar-refractivity contribution in [1.29, 1.82) is 0 Å². The largest absolute Gasteiger partial charge is 0.469 e. The highest BCUT2D eigenvalue weighted by atomic mass is 127. The predicted octanol–water partition coefficient (Wildman–Crippen LogP) is 2.25. The van der Waals surface area contributed by atoms with Crippen LogP contribution in [0.15, 0.2) is 39.3 Å². The summed E-state index contributed by atoms with van der Waals surface area (Å²) in [4.78, 5) is 19.8. The molecule has 2 N–H and O–H groups in total. The Labute approximate surface area is 168 Å². The Morgan fingerprint density at radius 1 is 1.40 bits per heavy atom. The van der Waals surface area contributed by atoms with Gasteiger partial charge in [0.1, 0.15) is 5.76 Å². The van der Waals surface area contributed by atoms with E-state index in [1.807, 2.05) is 17.0 Å². The van der Waals surface area contributed by atoms with Crippen LogP contribution in [0.3, 0.4) is 0 Å². The lowest BCUT2D eigenvalue weighted by Crippen LogP contribution is -2.46. The number of furan rings is 1. The number of nitrogens with zero attached hydrogens (tertiary/aromatic N) is 2. The minimum Gasteiger partial charge on any atom is -0.469 e. The first-order chi connectivity index (χ1) is 11.8. The standard InChI is InChI=1S/C17H22N4O2S.HI/c1-18-17(19-7-4-14-3-2-9-23-14)20-11-16(22)21-8-5-15-13(12-21)6-10-24-15;/h2-3,6,9-10H,4-5,7-8,11-12H2,1H3,(H2,18,19,20);1H. The summed E-state index contributed by atoms with van der Waals surface area (Å²) in [7, 11) is 1.70. The number of nitrogens with one attached hydrogen (secondary N) is 2. The molecule has 0 spiro atoms. The van der Waals surface area contributed by atoms with E-state index in [1.165, 1.54) is 10.4 Å². The second kappa shape index (κ2) is 9.81. The van der Waals surface area contributed by atoms with Gasteiger partial charge in [-0.05, 0) is 35.6 Å². The molecule has 8 heteroatoms. The van der Waals surface area contributed by atoms with Crippen LogP contribution in [0.25, 0.3) is 0 Å². The van der Waals surface area contributed by atoms with E-state index < -0.39 is 0 Å². The number of guanidine groups is 1. The van der Waals surface area contributed by atoms with Gasteiger partial charge in [0.2, 0.25) is 5.91 Å². The van der Waals surface area contributed by atoms with Gasteiger partial charge in [-0.25, -0.2) is 0 Å². The van der Waals surface area contributed by atoms with E-state index in [-0.39, 0.29) is 36.4 Å². The van der Waals surface area contributed by atoms with Crippen molar-refractivity contribution in [2.75, 3.05) is 26.7 Å². The number of amides is 1. The van der Waals surface area contributed by atoms with E-state index in [0.29, 0.717) is 19.0 Å². The summed E-state index contributed by atoms with van der Waals surface area (Å²) in [6.45, 7) is 2.45. The monoisotopic (exact) mass is 474 g/mol. The molecule has 136 valence electrons. The number of hydrogen-bond acceptors (Lipinski definition) is 4. The van der Waals surface area contributed by atoms with Crippen LogP contribution >= 0.6 is 35.3 Å². The van der Waals surface area contributed by atoms with Crippen LogP contribution in [0.4, 0.5) is 0 Å². The number of halogens is 1. The lowest BCUT2D eigenvalue weighted by Gasteiger charge is -2.27. The smallest absolute Gasteiger partial charge is 0.242 e. The van der Waals surface area contributed by atoms with Crippen molar-refractivity contribution >= 4 is 47.2 Å². The zero-order valence-corrected chi connectivity index (χ0v) is 17.3. The van der Waals surface area contributed by atoms with E-state index in [4.69, 9.17) is 4.42 Å². The lowest BCUT2D eigenvalue weighted by atomic mass is 10.1. The Morgan fingerprint density at radius 3 is 3.04 bits per heavy atom. The third-order valence-corrected chi connectivity index (χ3v) is 5.06. The summed E-state index contributed by atoms with van der Waals surface area (Å²) in [6.07, 6.45) is 3.39. The fraction of sp³-hybridized carbons (Fsp3) is 0.412. The second-order valence-corrected chi connectivity index (χ2v) is 6.62. The van der Waals surface area contributed by atoms with Crippen LogP contribution in [0.1, 0.15) is 16.2 Å². The Kier molecular flexibility index (Phi) is 7.76. The van der Waals surface area contributed by atoms with Gasteiger partial charge in [0.25, 0.3) is 0 Å². The number of carbonyl (C=O) groups is 1. The second-order valence-electron chi connectivity index (χ2n) is 5.62. The molecule has 6 nitrogen and oxygen atoms in total. The summed E-state index contributed by atoms with van der Waals surface area (Å²) in [5.41, 5.74) is 1.28. The number of rotatable bonds is 5. The summed E-state index contributed by atoms with van der Waals surface area (Å²) in [5, 5.41) is 8.37. The zero-order valence-electron chi connectivity index (χ0n) is 14.2. The normalized spacial score (nSPS) is 13.8. The summed E-state index contributed by atoms with van der Waals surface area (Å²) in [5.74, 6) is 1.65. The van der Waals surface area contributed by atoms with Gasteiger partial charge in [-0.15, -0.1) is 35.3 Å². The average molecular weight is 474 g/mol. The Morgan fingerprint density at radius 2 is 2.28 bits per heavy atom. The molecule has 0 bridgehead atoms. The van der Waals surface area contributed by atoms with Crippen LogP contribution in [-0.2, 0) is 24.2 Å². The molecule has 0 radical (unpaired) electrons. The van der Waals surface area contributed by atoms with E-state index in [2.05, 4.69) is 27.1 Å². The molecule has 3 rings (SSSR count). The van der Waals surface area contributed by atoms with Gasteiger partial charge < -0.3 is 20.0 Å². The fourth-order valence-corrected chi connectivity index (χ4v) is 3.60. The number of hydrogen-bond donors (Lipinski definition) is 2. The van der Waals surface area contributed by atoms with Crippen LogP contribution in [0.5, 0.6) is 0 Å². The highest BCUT2D eigenvalue weighted by molar-refractivity contribution is 14.0. The zero-order chi connectivity index (χ0) is 16.8. The van der Waals surface area contributed by atoms with Crippen molar-refractivity contribution in [3.8, 4) is 0 Å². The maximum Gasteiger partial charge on any atom is 0.242 e. The third kappa shape index (κ3) is 5.46. The SMILES string of the molecule is CN=C(NCCc1ccco1)NCC(=O)N1CCc2sccc2C1.I. The van der Waals surface area contributed by atoms with Crippen LogP contribution in [0.2, 0.25) is 0 Å². The molecule has 2 aromatic heterocycles.